The molecule has 1 aromatic carbocycles. The first-order chi connectivity index (χ1) is 10.1. The summed E-state index contributed by atoms with van der Waals surface area (Å²) in [5, 5.41) is 13.8. The van der Waals surface area contributed by atoms with E-state index in [0.717, 1.165) is 31.5 Å². The van der Waals surface area contributed by atoms with Gasteiger partial charge in [-0.15, -0.1) is 0 Å². The summed E-state index contributed by atoms with van der Waals surface area (Å²) < 4.78 is 0. The zero-order chi connectivity index (χ0) is 15.3. The highest BCUT2D eigenvalue weighted by Gasteiger charge is 2.34. The summed E-state index contributed by atoms with van der Waals surface area (Å²) in [6, 6.07) is 8.00. The fraction of sp³-hybridized carbons (Fsp3) is 0.588. The van der Waals surface area contributed by atoms with Crippen molar-refractivity contribution in [3.05, 3.63) is 35.4 Å². The molecule has 1 atom stereocenters. The molecular formula is C17H26N2O2. The Bertz CT molecular complexity index is 485. The molecule has 0 fully saturated rings. The maximum atomic E-state index is 12.0. The summed E-state index contributed by atoms with van der Waals surface area (Å²) in [4.78, 5) is 14.1. The largest absolute Gasteiger partial charge is 0.383 e. The molecule has 4 heteroatoms. The molecule has 0 saturated heterocycles. The van der Waals surface area contributed by atoms with Crippen LogP contribution in [0.2, 0.25) is 0 Å². The van der Waals surface area contributed by atoms with Gasteiger partial charge in [-0.05, 0) is 43.5 Å². The zero-order valence-electron chi connectivity index (χ0n) is 13.1. The predicted octanol–water partition coefficient (Wildman–Crippen LogP) is 1.67. The lowest BCUT2D eigenvalue weighted by molar-refractivity contribution is -0.123. The Morgan fingerprint density at radius 2 is 2.05 bits per heavy atom. The number of rotatable bonds is 6. The van der Waals surface area contributed by atoms with Gasteiger partial charge in [-0.25, -0.2) is 0 Å². The summed E-state index contributed by atoms with van der Waals surface area (Å²) in [6.07, 6.45) is 2.67. The van der Waals surface area contributed by atoms with Gasteiger partial charge in [0, 0.05) is 0 Å². The monoisotopic (exact) mass is 290 g/mol. The normalized spacial score (nSPS) is 21.1. The van der Waals surface area contributed by atoms with E-state index in [9.17, 15) is 9.90 Å². The minimum Gasteiger partial charge on any atom is -0.383 e. The van der Waals surface area contributed by atoms with Crippen molar-refractivity contribution < 1.29 is 9.90 Å². The number of hydrogen-bond acceptors (Lipinski definition) is 3. The minimum absolute atomic E-state index is 0.0184. The van der Waals surface area contributed by atoms with Crippen molar-refractivity contribution in [2.75, 3.05) is 26.2 Å². The second-order valence-corrected chi connectivity index (χ2v) is 5.78. The number of nitrogens with one attached hydrogen (secondary N) is 1. The lowest BCUT2D eigenvalue weighted by atomic mass is 9.79. The van der Waals surface area contributed by atoms with Gasteiger partial charge in [-0.1, -0.05) is 38.1 Å². The summed E-state index contributed by atoms with van der Waals surface area (Å²) in [7, 11) is 0. The molecule has 0 aromatic heterocycles. The van der Waals surface area contributed by atoms with E-state index < -0.39 is 5.60 Å². The maximum Gasteiger partial charge on any atom is 0.234 e. The Kier molecular flexibility index (Phi) is 5.37. The molecule has 116 valence electrons. The fourth-order valence-corrected chi connectivity index (χ4v) is 3.03. The molecule has 1 amide bonds. The summed E-state index contributed by atoms with van der Waals surface area (Å²) in [5.74, 6) is -0.0184. The van der Waals surface area contributed by atoms with Crippen LogP contribution in [0.1, 0.15) is 37.8 Å². The molecule has 2 rings (SSSR count). The van der Waals surface area contributed by atoms with Gasteiger partial charge in [0.05, 0.1) is 13.1 Å². The van der Waals surface area contributed by atoms with Gasteiger partial charge in [-0.2, -0.15) is 0 Å². The molecule has 21 heavy (non-hydrogen) atoms. The standard InChI is InChI=1S/C17H26N2O2/c1-3-19(4-2)12-16(20)18-13-17(21)11-7-9-14-8-5-6-10-15(14)17/h5-6,8,10,21H,3-4,7,9,11-13H2,1-2H3,(H,18,20)/t17-/m1/s1. The Morgan fingerprint density at radius 3 is 2.76 bits per heavy atom. The van der Waals surface area contributed by atoms with Crippen LogP contribution in [0.25, 0.3) is 0 Å². The quantitative estimate of drug-likeness (QED) is 0.838. The molecule has 1 aliphatic rings. The minimum atomic E-state index is -0.923. The number of benzene rings is 1. The van der Waals surface area contributed by atoms with Gasteiger partial charge in [0.1, 0.15) is 5.60 Å². The van der Waals surface area contributed by atoms with Crippen molar-refractivity contribution in [1.82, 2.24) is 10.2 Å². The van der Waals surface area contributed by atoms with Crippen molar-refractivity contribution >= 4 is 5.91 Å². The predicted molar refractivity (Wildman–Crippen MR) is 84.1 cm³/mol. The topological polar surface area (TPSA) is 52.6 Å². The van der Waals surface area contributed by atoms with Crippen molar-refractivity contribution in [3.63, 3.8) is 0 Å². The molecule has 2 N–H and O–H groups in total. The number of hydrogen-bond donors (Lipinski definition) is 2. The summed E-state index contributed by atoms with van der Waals surface area (Å²) >= 11 is 0. The first-order valence-corrected chi connectivity index (χ1v) is 7.89. The van der Waals surface area contributed by atoms with E-state index in [1.54, 1.807) is 0 Å². The molecule has 1 aliphatic carbocycles. The van der Waals surface area contributed by atoms with Crippen molar-refractivity contribution in [2.24, 2.45) is 0 Å². The maximum absolute atomic E-state index is 12.0. The van der Waals surface area contributed by atoms with Crippen LogP contribution < -0.4 is 5.32 Å². The van der Waals surface area contributed by atoms with E-state index in [4.69, 9.17) is 0 Å². The number of aryl methyl sites for hydroxylation is 1. The van der Waals surface area contributed by atoms with Crippen LogP contribution in [0.5, 0.6) is 0 Å². The van der Waals surface area contributed by atoms with Crippen LogP contribution in [0.15, 0.2) is 24.3 Å². The molecule has 0 bridgehead atoms. The van der Waals surface area contributed by atoms with Crippen LogP contribution in [0.4, 0.5) is 0 Å². The molecule has 0 unspecified atom stereocenters. The van der Waals surface area contributed by atoms with Crippen molar-refractivity contribution in [3.8, 4) is 0 Å². The second-order valence-electron chi connectivity index (χ2n) is 5.78. The molecule has 0 heterocycles. The van der Waals surface area contributed by atoms with Crippen molar-refractivity contribution in [2.45, 2.75) is 38.7 Å². The molecule has 0 spiro atoms. The number of likely N-dealkylation sites (N-methyl/N-ethyl adjacent to an activating group) is 1. The van der Waals surface area contributed by atoms with Crippen LogP contribution in [-0.4, -0.2) is 42.1 Å². The van der Waals surface area contributed by atoms with E-state index in [-0.39, 0.29) is 5.91 Å². The Hall–Kier alpha value is -1.39. The number of amides is 1. The van der Waals surface area contributed by atoms with Crippen LogP contribution >= 0.6 is 0 Å². The van der Waals surface area contributed by atoms with Crippen LogP contribution in [0, 0.1) is 0 Å². The highest BCUT2D eigenvalue weighted by Crippen LogP contribution is 2.34. The first kappa shape index (κ1) is 16.0. The second kappa shape index (κ2) is 7.05. The summed E-state index contributed by atoms with van der Waals surface area (Å²) in [5.41, 5.74) is 1.25. The van der Waals surface area contributed by atoms with Gasteiger partial charge >= 0.3 is 0 Å². The van der Waals surface area contributed by atoms with Gasteiger partial charge in [0.2, 0.25) is 5.91 Å². The average Bonchev–Trinajstić information content (AvgIpc) is 2.51. The molecule has 0 aliphatic heterocycles. The third-order valence-electron chi connectivity index (χ3n) is 4.39. The van der Waals surface area contributed by atoms with Gasteiger partial charge < -0.3 is 10.4 Å². The lowest BCUT2D eigenvalue weighted by Crippen LogP contribution is -2.45. The van der Waals surface area contributed by atoms with E-state index in [1.807, 2.05) is 32.0 Å². The van der Waals surface area contributed by atoms with Gasteiger partial charge in [-0.3, -0.25) is 9.69 Å². The SMILES string of the molecule is CCN(CC)CC(=O)NC[C@]1(O)CCCc2ccccc21. The van der Waals surface area contributed by atoms with Gasteiger partial charge in [0.25, 0.3) is 0 Å². The molecule has 0 radical (unpaired) electrons. The molecule has 4 nitrogen and oxygen atoms in total. The Morgan fingerprint density at radius 1 is 1.33 bits per heavy atom. The molecule has 1 aromatic rings. The third kappa shape index (κ3) is 3.83. The third-order valence-corrected chi connectivity index (χ3v) is 4.39. The number of carbonyl (C=O) groups excluding carboxylic acids is 1. The first-order valence-electron chi connectivity index (χ1n) is 7.89. The fourth-order valence-electron chi connectivity index (χ4n) is 3.03. The molecule has 0 saturated carbocycles. The van der Waals surface area contributed by atoms with Gasteiger partial charge in [0.15, 0.2) is 0 Å². The van der Waals surface area contributed by atoms with E-state index in [1.165, 1.54) is 5.56 Å². The average molecular weight is 290 g/mol. The number of carbonyl (C=O) groups is 1. The number of fused-ring (bicyclic) bond motifs is 1. The highest BCUT2D eigenvalue weighted by molar-refractivity contribution is 5.78. The summed E-state index contributed by atoms with van der Waals surface area (Å²) in [6.45, 7) is 6.49. The molecular weight excluding hydrogens is 264 g/mol. The van der Waals surface area contributed by atoms with E-state index in [2.05, 4.69) is 16.3 Å². The van der Waals surface area contributed by atoms with Crippen LogP contribution in [0.3, 0.4) is 0 Å². The lowest BCUT2D eigenvalue weighted by Gasteiger charge is -2.34. The smallest absolute Gasteiger partial charge is 0.234 e. The Labute approximate surface area is 127 Å². The van der Waals surface area contributed by atoms with Crippen LogP contribution in [-0.2, 0) is 16.8 Å². The van der Waals surface area contributed by atoms with E-state index in [0.29, 0.717) is 19.5 Å². The number of aliphatic hydroxyl groups is 1. The number of nitrogens with zero attached hydrogens (tertiary/aromatic N) is 1. The Balaban J connectivity index is 1.98. The zero-order valence-corrected chi connectivity index (χ0v) is 13.1. The highest BCUT2D eigenvalue weighted by atomic mass is 16.3. The van der Waals surface area contributed by atoms with Crippen molar-refractivity contribution in [1.29, 1.82) is 0 Å². The van der Waals surface area contributed by atoms with E-state index >= 15 is 0 Å².